The summed E-state index contributed by atoms with van der Waals surface area (Å²) in [5.41, 5.74) is 7.98. The molecular formula is C34H38F3N7O5. The number of hydrogen-bond acceptors (Lipinski definition) is 11. The lowest BCUT2D eigenvalue weighted by Crippen LogP contribution is -2.55. The van der Waals surface area contributed by atoms with Crippen LogP contribution < -0.4 is 24.8 Å². The van der Waals surface area contributed by atoms with Crippen LogP contribution in [0.5, 0.6) is 17.5 Å². The largest absolute Gasteiger partial charge is 0.573 e. The number of likely N-dealkylation sites (tertiary alicyclic amines) is 1. The van der Waals surface area contributed by atoms with Gasteiger partial charge in [0.15, 0.2) is 0 Å². The predicted octanol–water partition coefficient (Wildman–Crippen LogP) is 4.32. The Morgan fingerprint density at radius 2 is 2.02 bits per heavy atom. The van der Waals surface area contributed by atoms with Crippen molar-refractivity contribution in [3.63, 3.8) is 0 Å². The molecule has 0 radical (unpaired) electrons. The molecule has 6 rings (SSSR count). The lowest BCUT2D eigenvalue weighted by Gasteiger charge is -2.41. The molecule has 0 spiro atoms. The Bertz CT molecular complexity index is 1780. The van der Waals surface area contributed by atoms with Gasteiger partial charge >= 0.3 is 12.4 Å². The van der Waals surface area contributed by atoms with Gasteiger partial charge in [0.1, 0.15) is 23.9 Å². The molecule has 1 amide bonds. The maximum absolute atomic E-state index is 13.5. The quantitative estimate of drug-likeness (QED) is 0.242. The Labute approximate surface area is 281 Å². The number of aromatic nitrogens is 2. The third-order valence-electron chi connectivity index (χ3n) is 9.11. The minimum atomic E-state index is -4.92. The zero-order valence-electron chi connectivity index (χ0n) is 27.3. The van der Waals surface area contributed by atoms with Crippen LogP contribution in [0.4, 0.5) is 24.7 Å². The molecule has 2 fully saturated rings. The van der Waals surface area contributed by atoms with Gasteiger partial charge < -0.3 is 39.4 Å². The number of alkyl halides is 3. The monoisotopic (exact) mass is 681 g/mol. The zero-order chi connectivity index (χ0) is 34.7. The van der Waals surface area contributed by atoms with Crippen molar-refractivity contribution in [2.75, 3.05) is 70.8 Å². The second-order valence-electron chi connectivity index (χ2n) is 12.3. The number of hydrogen-bond donors (Lipinski definition) is 1. The van der Waals surface area contributed by atoms with E-state index in [0.29, 0.717) is 66.3 Å². The summed E-state index contributed by atoms with van der Waals surface area (Å²) in [7, 11) is 3.57. The first-order valence-electron chi connectivity index (χ1n) is 16.1. The molecule has 0 unspecified atom stereocenters. The van der Waals surface area contributed by atoms with E-state index in [2.05, 4.69) is 15.7 Å². The van der Waals surface area contributed by atoms with Crippen molar-refractivity contribution in [1.82, 2.24) is 19.8 Å². The Morgan fingerprint density at radius 1 is 1.18 bits per heavy atom. The van der Waals surface area contributed by atoms with E-state index in [1.54, 1.807) is 17.0 Å². The van der Waals surface area contributed by atoms with Crippen LogP contribution >= 0.6 is 0 Å². The van der Waals surface area contributed by atoms with Gasteiger partial charge in [0.2, 0.25) is 5.91 Å². The number of nitrogens with two attached hydrogens (primary N) is 1. The van der Waals surface area contributed by atoms with Gasteiger partial charge in [-0.25, -0.2) is 0 Å². The highest BCUT2D eigenvalue weighted by Crippen LogP contribution is 2.47. The highest BCUT2D eigenvalue weighted by atomic mass is 19.4. The highest BCUT2D eigenvalue weighted by molar-refractivity contribution is 6.01. The average molecular weight is 682 g/mol. The number of nitrogens with zero attached hydrogens (tertiary/aromatic N) is 6. The fourth-order valence-electron chi connectivity index (χ4n) is 6.75. The molecule has 15 heteroatoms. The van der Waals surface area contributed by atoms with Crippen LogP contribution in [0, 0.1) is 11.3 Å². The van der Waals surface area contributed by atoms with Crippen LogP contribution in [0.25, 0.3) is 22.0 Å². The lowest BCUT2D eigenvalue weighted by atomic mass is 9.94. The first-order valence-corrected chi connectivity index (χ1v) is 16.1. The first-order chi connectivity index (χ1) is 23.6. The normalized spacial score (nSPS) is 19.7. The summed E-state index contributed by atoms with van der Waals surface area (Å²) in [5, 5.41) is 10.2. The third-order valence-corrected chi connectivity index (χ3v) is 9.11. The fourth-order valence-corrected chi connectivity index (χ4v) is 6.75. The second-order valence-corrected chi connectivity index (χ2v) is 12.3. The number of anilines is 2. The standard InChI is InChI=1S/C34H38F3N7O5/c1-42-12-3-5-23(42)20-48-33-40-27-18-25(26-17-21(39)7-8-28(26)49-34(35,36)37)24-10-16-47-31(24)30(27)32(41-33)43-13-14-44(22(19-43)9-11-38)29(45)6-4-15-46-2/h4,6-8,17-18,22-23H,3,5,9-10,12-16,19-20,39H2,1-2H3/b6-4+/t22-,23-/m0/s1. The number of carbonyl (C=O) groups is 1. The first kappa shape index (κ1) is 34.1. The van der Waals surface area contributed by atoms with Crippen LogP contribution in [-0.2, 0) is 16.0 Å². The van der Waals surface area contributed by atoms with E-state index >= 15 is 0 Å². The van der Waals surface area contributed by atoms with Crippen molar-refractivity contribution < 1.29 is 36.9 Å². The SMILES string of the molecule is COC/C=C/C(=O)N1CCN(c2nc(OC[C@@H]3CCCN3C)nc3cc(-c4cc(N)ccc4OC(F)(F)F)c4c(c23)OCC4)C[C@@H]1CC#N. The van der Waals surface area contributed by atoms with E-state index in [1.807, 2.05) is 11.9 Å². The van der Waals surface area contributed by atoms with Gasteiger partial charge in [-0.15, -0.1) is 13.2 Å². The molecule has 0 saturated carbocycles. The van der Waals surface area contributed by atoms with Gasteiger partial charge in [-0.3, -0.25) is 4.79 Å². The number of fused-ring (bicyclic) bond motifs is 3. The number of nitrogen functional groups attached to an aromatic ring is 1. The summed E-state index contributed by atoms with van der Waals surface area (Å²) in [5.74, 6) is 0.323. The van der Waals surface area contributed by atoms with Crippen molar-refractivity contribution in [3.05, 3.63) is 42.0 Å². The zero-order valence-corrected chi connectivity index (χ0v) is 27.3. The molecule has 4 heterocycles. The summed E-state index contributed by atoms with van der Waals surface area (Å²) in [4.78, 5) is 28.6. The van der Waals surface area contributed by atoms with E-state index in [0.717, 1.165) is 19.4 Å². The molecule has 0 bridgehead atoms. The van der Waals surface area contributed by atoms with Gasteiger partial charge in [-0.2, -0.15) is 15.2 Å². The van der Waals surface area contributed by atoms with Crippen molar-refractivity contribution in [3.8, 4) is 34.7 Å². The number of rotatable bonds is 10. The minimum Gasteiger partial charge on any atom is -0.492 e. The highest BCUT2D eigenvalue weighted by Gasteiger charge is 2.36. The summed E-state index contributed by atoms with van der Waals surface area (Å²) < 4.78 is 62.3. The minimum absolute atomic E-state index is 0.0942. The molecule has 3 aromatic rings. The van der Waals surface area contributed by atoms with Crippen molar-refractivity contribution in [1.29, 1.82) is 5.26 Å². The van der Waals surface area contributed by atoms with Gasteiger partial charge in [0.25, 0.3) is 0 Å². The summed E-state index contributed by atoms with van der Waals surface area (Å²) in [6, 6.07) is 7.73. The molecule has 49 heavy (non-hydrogen) atoms. The van der Waals surface area contributed by atoms with Crippen LogP contribution in [0.2, 0.25) is 0 Å². The molecule has 1 aromatic heterocycles. The number of nitriles is 1. The number of amides is 1. The Balaban J connectivity index is 1.46. The smallest absolute Gasteiger partial charge is 0.492 e. The Kier molecular flexibility index (Phi) is 9.98. The van der Waals surface area contributed by atoms with Gasteiger partial charge in [0.05, 0.1) is 42.6 Å². The lowest BCUT2D eigenvalue weighted by molar-refractivity contribution is -0.274. The molecule has 0 aliphatic carbocycles. The van der Waals surface area contributed by atoms with Crippen molar-refractivity contribution in [2.45, 2.75) is 44.1 Å². The topological polar surface area (TPSA) is 139 Å². The number of carbonyl (C=O) groups excluding carboxylic acids is 1. The fraction of sp³-hybridized carbons (Fsp3) is 0.471. The molecule has 12 nitrogen and oxygen atoms in total. The predicted molar refractivity (Wildman–Crippen MR) is 175 cm³/mol. The molecule has 3 aliphatic rings. The van der Waals surface area contributed by atoms with Crippen molar-refractivity contribution >= 4 is 28.3 Å². The molecule has 2 saturated heterocycles. The molecule has 2 atom stereocenters. The number of benzene rings is 2. The number of methoxy groups -OCH3 is 1. The average Bonchev–Trinajstić information content (AvgIpc) is 3.72. The van der Waals surface area contributed by atoms with E-state index in [1.165, 1.54) is 31.4 Å². The number of halogens is 3. The maximum Gasteiger partial charge on any atom is 0.573 e. The summed E-state index contributed by atoms with van der Waals surface area (Å²) in [6.07, 6.45) is 0.680. The van der Waals surface area contributed by atoms with Crippen molar-refractivity contribution in [2.24, 2.45) is 0 Å². The summed E-state index contributed by atoms with van der Waals surface area (Å²) >= 11 is 0. The van der Waals surface area contributed by atoms with Crippen LogP contribution in [0.3, 0.4) is 0 Å². The maximum atomic E-state index is 13.5. The Hall–Kier alpha value is -4.81. The van der Waals surface area contributed by atoms with E-state index in [-0.39, 0.29) is 48.8 Å². The number of ether oxygens (including phenoxy) is 4. The van der Waals surface area contributed by atoms with Crippen LogP contribution in [0.1, 0.15) is 24.8 Å². The van der Waals surface area contributed by atoms with E-state index in [4.69, 9.17) is 29.9 Å². The van der Waals surface area contributed by atoms with Crippen LogP contribution in [0.15, 0.2) is 36.4 Å². The number of likely N-dealkylation sites (N-methyl/N-ethyl adjacent to an activating group) is 1. The molecule has 3 aliphatic heterocycles. The molecule has 2 N–H and O–H groups in total. The van der Waals surface area contributed by atoms with Gasteiger partial charge in [-0.05, 0) is 56.3 Å². The number of piperazine rings is 1. The van der Waals surface area contributed by atoms with E-state index in [9.17, 15) is 23.2 Å². The second kappa shape index (κ2) is 14.4. The van der Waals surface area contributed by atoms with Crippen LogP contribution in [-0.4, -0.2) is 104 Å². The van der Waals surface area contributed by atoms with Gasteiger partial charge in [0, 0.05) is 62.1 Å². The molecular weight excluding hydrogens is 643 g/mol. The summed E-state index contributed by atoms with van der Waals surface area (Å²) in [6.45, 7) is 2.88. The van der Waals surface area contributed by atoms with Gasteiger partial charge in [-0.1, -0.05) is 6.08 Å². The van der Waals surface area contributed by atoms with E-state index < -0.39 is 18.2 Å². The molecule has 2 aromatic carbocycles. The molecule has 260 valence electrons. The Morgan fingerprint density at radius 3 is 2.76 bits per heavy atom. The third kappa shape index (κ3) is 7.45.